The van der Waals surface area contributed by atoms with E-state index in [2.05, 4.69) is 0 Å². The van der Waals surface area contributed by atoms with Gasteiger partial charge in [-0.1, -0.05) is 60.3 Å². The molecular formula is C23H20N2O3S2. The molecule has 0 N–H and O–H groups in total. The minimum atomic E-state index is -0.330. The maximum absolute atomic E-state index is 13.7. The second kappa shape index (κ2) is 8.85. The lowest BCUT2D eigenvalue weighted by atomic mass is 10.0. The number of thiophene rings is 1. The van der Waals surface area contributed by atoms with Gasteiger partial charge in [-0.2, -0.15) is 0 Å². The molecule has 0 bridgehead atoms. The third-order valence-electron chi connectivity index (χ3n) is 4.57. The molecule has 0 spiro atoms. The minimum absolute atomic E-state index is 0.0918. The number of benzene rings is 2. The standard InChI is InChI=1S/C23H20N2O3S2/c1-3-28-18(26)14-29-23-24-21-20(22(27)25(23)17-12-8-5-9-13-17)19(15(2)30-21)16-10-6-4-7-11-16/h4-13H,3,14H2,1-2H3. The van der Waals surface area contributed by atoms with Crippen LogP contribution in [0.4, 0.5) is 0 Å². The van der Waals surface area contributed by atoms with Crippen molar-refractivity contribution in [2.24, 2.45) is 0 Å². The average molecular weight is 437 g/mol. The molecule has 0 aliphatic rings. The summed E-state index contributed by atoms with van der Waals surface area (Å²) >= 11 is 2.71. The summed E-state index contributed by atoms with van der Waals surface area (Å²) in [4.78, 5) is 32.1. The number of ether oxygens (including phenoxy) is 1. The largest absolute Gasteiger partial charge is 0.465 e. The Hall–Kier alpha value is -2.90. The van der Waals surface area contributed by atoms with Gasteiger partial charge in [0.1, 0.15) is 4.83 Å². The maximum atomic E-state index is 13.7. The minimum Gasteiger partial charge on any atom is -0.465 e. The molecule has 2 aromatic heterocycles. The summed E-state index contributed by atoms with van der Waals surface area (Å²) in [6.07, 6.45) is 0. The molecule has 5 nitrogen and oxygen atoms in total. The molecule has 0 aliphatic heterocycles. The number of hydrogen-bond donors (Lipinski definition) is 0. The van der Waals surface area contributed by atoms with Crippen molar-refractivity contribution >= 4 is 39.3 Å². The molecule has 0 atom stereocenters. The van der Waals surface area contributed by atoms with E-state index in [1.54, 1.807) is 11.5 Å². The first kappa shape index (κ1) is 20.4. The van der Waals surface area contributed by atoms with Crippen LogP contribution in [-0.4, -0.2) is 27.9 Å². The fourth-order valence-electron chi connectivity index (χ4n) is 3.32. The van der Waals surface area contributed by atoms with Crippen molar-refractivity contribution < 1.29 is 9.53 Å². The van der Waals surface area contributed by atoms with Crippen molar-refractivity contribution in [2.45, 2.75) is 19.0 Å². The molecule has 0 amide bonds. The third kappa shape index (κ3) is 3.91. The molecule has 0 unspecified atom stereocenters. The number of nitrogens with zero attached hydrogens (tertiary/aromatic N) is 2. The van der Waals surface area contributed by atoms with Crippen LogP contribution in [0.15, 0.2) is 70.6 Å². The van der Waals surface area contributed by atoms with Crippen LogP contribution >= 0.6 is 23.1 Å². The summed E-state index contributed by atoms with van der Waals surface area (Å²) in [6, 6.07) is 19.3. The van der Waals surface area contributed by atoms with Gasteiger partial charge in [-0.3, -0.25) is 14.2 Å². The number of rotatable bonds is 6. The number of thioether (sulfide) groups is 1. The van der Waals surface area contributed by atoms with E-state index >= 15 is 0 Å². The van der Waals surface area contributed by atoms with Crippen LogP contribution in [-0.2, 0) is 9.53 Å². The van der Waals surface area contributed by atoms with Crippen molar-refractivity contribution in [3.63, 3.8) is 0 Å². The van der Waals surface area contributed by atoms with Gasteiger partial charge in [0.05, 0.1) is 23.4 Å². The molecule has 4 aromatic rings. The predicted octanol–water partition coefficient (Wildman–Crippen LogP) is 5.08. The van der Waals surface area contributed by atoms with Gasteiger partial charge in [-0.25, -0.2) is 4.98 Å². The molecule has 4 rings (SSSR count). The van der Waals surface area contributed by atoms with Crippen LogP contribution in [0.3, 0.4) is 0 Å². The molecule has 0 fully saturated rings. The Morgan fingerprint density at radius 3 is 2.43 bits per heavy atom. The number of fused-ring (bicyclic) bond motifs is 1. The van der Waals surface area contributed by atoms with Gasteiger partial charge < -0.3 is 4.74 Å². The highest BCUT2D eigenvalue weighted by Crippen LogP contribution is 2.36. The first-order valence-corrected chi connectivity index (χ1v) is 11.4. The molecule has 2 heterocycles. The first-order chi connectivity index (χ1) is 14.6. The second-order valence-corrected chi connectivity index (χ2v) is 8.69. The monoisotopic (exact) mass is 436 g/mol. The second-order valence-electron chi connectivity index (χ2n) is 6.54. The van der Waals surface area contributed by atoms with E-state index in [1.165, 1.54) is 23.1 Å². The summed E-state index contributed by atoms with van der Waals surface area (Å²) in [5.74, 6) is -0.238. The average Bonchev–Trinajstić information content (AvgIpc) is 3.10. The molecule has 30 heavy (non-hydrogen) atoms. The van der Waals surface area contributed by atoms with Crippen LogP contribution in [0.2, 0.25) is 0 Å². The number of aryl methyl sites for hydroxylation is 1. The summed E-state index contributed by atoms with van der Waals surface area (Å²) < 4.78 is 6.62. The smallest absolute Gasteiger partial charge is 0.316 e. The van der Waals surface area contributed by atoms with E-state index in [1.807, 2.05) is 67.6 Å². The van der Waals surface area contributed by atoms with Crippen LogP contribution in [0.25, 0.3) is 27.0 Å². The molecular weight excluding hydrogens is 416 g/mol. The quantitative estimate of drug-likeness (QED) is 0.240. The predicted molar refractivity (Wildman–Crippen MR) is 123 cm³/mol. The molecule has 0 aliphatic carbocycles. The van der Waals surface area contributed by atoms with Gasteiger partial charge in [-0.15, -0.1) is 11.3 Å². The summed E-state index contributed by atoms with van der Waals surface area (Å²) in [6.45, 7) is 4.10. The van der Waals surface area contributed by atoms with Gasteiger partial charge in [-0.05, 0) is 31.5 Å². The first-order valence-electron chi connectivity index (χ1n) is 9.55. The molecule has 152 valence electrons. The zero-order valence-electron chi connectivity index (χ0n) is 16.6. The Kier molecular flexibility index (Phi) is 6.01. The van der Waals surface area contributed by atoms with Crippen LogP contribution in [0.5, 0.6) is 0 Å². The normalized spacial score (nSPS) is 11.0. The van der Waals surface area contributed by atoms with E-state index in [4.69, 9.17) is 9.72 Å². The van der Waals surface area contributed by atoms with E-state index in [-0.39, 0.29) is 17.3 Å². The highest BCUT2D eigenvalue weighted by Gasteiger charge is 2.21. The zero-order chi connectivity index (χ0) is 21.1. The zero-order valence-corrected chi connectivity index (χ0v) is 18.3. The summed E-state index contributed by atoms with van der Waals surface area (Å²) in [5, 5.41) is 1.08. The van der Waals surface area contributed by atoms with E-state index in [9.17, 15) is 9.59 Å². The van der Waals surface area contributed by atoms with Crippen LogP contribution in [0.1, 0.15) is 11.8 Å². The molecule has 0 radical (unpaired) electrons. The lowest BCUT2D eigenvalue weighted by Gasteiger charge is -2.12. The Bertz CT molecular complexity index is 1250. The molecule has 7 heteroatoms. The number of para-hydroxylation sites is 1. The van der Waals surface area contributed by atoms with Crippen molar-refractivity contribution in [3.05, 3.63) is 75.9 Å². The number of carbonyl (C=O) groups excluding carboxylic acids is 1. The van der Waals surface area contributed by atoms with Crippen molar-refractivity contribution in [2.75, 3.05) is 12.4 Å². The number of carbonyl (C=O) groups is 1. The SMILES string of the molecule is CCOC(=O)CSc1nc2sc(C)c(-c3ccccc3)c2c(=O)n1-c1ccccc1. The maximum Gasteiger partial charge on any atom is 0.316 e. The van der Waals surface area contributed by atoms with Crippen LogP contribution in [0, 0.1) is 6.92 Å². The molecule has 0 saturated heterocycles. The van der Waals surface area contributed by atoms with E-state index in [0.29, 0.717) is 27.7 Å². The Labute approximate surface area is 182 Å². The number of hydrogen-bond acceptors (Lipinski definition) is 6. The van der Waals surface area contributed by atoms with Gasteiger partial charge in [0.2, 0.25) is 0 Å². The topological polar surface area (TPSA) is 61.2 Å². The Morgan fingerprint density at radius 1 is 1.10 bits per heavy atom. The lowest BCUT2D eigenvalue weighted by molar-refractivity contribution is -0.139. The summed E-state index contributed by atoms with van der Waals surface area (Å²) in [7, 11) is 0. The third-order valence-corrected chi connectivity index (χ3v) is 6.48. The fourth-order valence-corrected chi connectivity index (χ4v) is 5.22. The lowest BCUT2D eigenvalue weighted by Crippen LogP contribution is -2.22. The Morgan fingerprint density at radius 2 is 1.77 bits per heavy atom. The number of aromatic nitrogens is 2. The Balaban J connectivity index is 1.94. The van der Waals surface area contributed by atoms with Gasteiger partial charge >= 0.3 is 5.97 Å². The van der Waals surface area contributed by atoms with Crippen molar-refractivity contribution in [3.8, 4) is 16.8 Å². The summed E-state index contributed by atoms with van der Waals surface area (Å²) in [5.41, 5.74) is 2.48. The van der Waals surface area contributed by atoms with Gasteiger partial charge in [0.25, 0.3) is 5.56 Å². The van der Waals surface area contributed by atoms with Crippen molar-refractivity contribution in [1.29, 1.82) is 0 Å². The number of esters is 1. The van der Waals surface area contributed by atoms with E-state index < -0.39 is 0 Å². The van der Waals surface area contributed by atoms with Gasteiger partial charge in [0.15, 0.2) is 5.16 Å². The fraction of sp³-hybridized carbons (Fsp3) is 0.174. The molecule has 0 saturated carbocycles. The van der Waals surface area contributed by atoms with Gasteiger partial charge in [0, 0.05) is 10.4 Å². The van der Waals surface area contributed by atoms with Crippen LogP contribution < -0.4 is 5.56 Å². The van der Waals surface area contributed by atoms with E-state index in [0.717, 1.165) is 16.0 Å². The highest BCUT2D eigenvalue weighted by molar-refractivity contribution is 7.99. The molecule has 2 aromatic carbocycles. The van der Waals surface area contributed by atoms with Crippen molar-refractivity contribution in [1.82, 2.24) is 9.55 Å². The highest BCUT2D eigenvalue weighted by atomic mass is 32.2.